The molecule has 0 radical (unpaired) electrons. The molecule has 136 valence electrons. The summed E-state index contributed by atoms with van der Waals surface area (Å²) >= 11 is 1.44. The average molecular weight is 380 g/mol. The Kier molecular flexibility index (Phi) is 4.95. The van der Waals surface area contributed by atoms with Crippen molar-refractivity contribution in [2.24, 2.45) is 0 Å². The first kappa shape index (κ1) is 18.3. The van der Waals surface area contributed by atoms with Crippen LogP contribution in [0.4, 0.5) is 13.2 Å². The lowest BCUT2D eigenvalue weighted by molar-refractivity contribution is -0.137. The van der Waals surface area contributed by atoms with Gasteiger partial charge in [-0.2, -0.15) is 13.2 Å². The number of benzene rings is 1. The molecule has 0 aliphatic heterocycles. The van der Waals surface area contributed by atoms with Gasteiger partial charge in [0.25, 0.3) is 5.56 Å². The van der Waals surface area contributed by atoms with Gasteiger partial charge in [0.05, 0.1) is 23.8 Å². The maximum Gasteiger partial charge on any atom is 0.416 e. The number of carbonyl (C=O) groups is 1. The maximum atomic E-state index is 12.6. The maximum absolute atomic E-state index is 12.6. The summed E-state index contributed by atoms with van der Waals surface area (Å²) in [4.78, 5) is 30.6. The quantitative estimate of drug-likeness (QED) is 0.676. The molecular weight excluding hydrogens is 365 g/mol. The van der Waals surface area contributed by atoms with Crippen LogP contribution >= 0.6 is 11.3 Å². The number of hydrogen-bond acceptors (Lipinski definition) is 4. The SMILES string of the molecule is CCc1cc2c(=O)n(CC(=O)Cc3ccc(C(F)(F)F)cc3)cnc2s1. The lowest BCUT2D eigenvalue weighted by Crippen LogP contribution is -2.25. The first-order chi connectivity index (χ1) is 12.3. The van der Waals surface area contributed by atoms with Gasteiger partial charge in [0.1, 0.15) is 4.83 Å². The molecule has 2 heterocycles. The summed E-state index contributed by atoms with van der Waals surface area (Å²) < 4.78 is 38.9. The average Bonchev–Trinajstić information content (AvgIpc) is 3.01. The van der Waals surface area contributed by atoms with Gasteiger partial charge < -0.3 is 0 Å². The summed E-state index contributed by atoms with van der Waals surface area (Å²) in [5, 5.41) is 0.483. The molecule has 0 atom stereocenters. The van der Waals surface area contributed by atoms with Crippen LogP contribution in [0.2, 0.25) is 0 Å². The monoisotopic (exact) mass is 380 g/mol. The summed E-state index contributed by atoms with van der Waals surface area (Å²) in [6, 6.07) is 6.22. The zero-order valence-electron chi connectivity index (χ0n) is 13.8. The van der Waals surface area contributed by atoms with E-state index in [1.54, 1.807) is 6.07 Å². The second kappa shape index (κ2) is 7.03. The van der Waals surface area contributed by atoms with Crippen molar-refractivity contribution in [1.29, 1.82) is 0 Å². The Balaban J connectivity index is 1.75. The van der Waals surface area contributed by atoms with Crippen molar-refractivity contribution in [2.45, 2.75) is 32.5 Å². The minimum atomic E-state index is -4.41. The molecule has 0 saturated heterocycles. The van der Waals surface area contributed by atoms with Crippen molar-refractivity contribution < 1.29 is 18.0 Å². The van der Waals surface area contributed by atoms with Crippen LogP contribution in [0.1, 0.15) is 22.9 Å². The molecule has 1 aromatic carbocycles. The van der Waals surface area contributed by atoms with E-state index in [-0.39, 0.29) is 24.3 Å². The molecule has 3 aromatic rings. The second-order valence-corrected chi connectivity index (χ2v) is 6.99. The molecule has 0 amide bonds. The zero-order valence-corrected chi connectivity index (χ0v) is 14.7. The smallest absolute Gasteiger partial charge is 0.297 e. The van der Waals surface area contributed by atoms with E-state index in [4.69, 9.17) is 0 Å². The van der Waals surface area contributed by atoms with Crippen LogP contribution in [0.3, 0.4) is 0 Å². The van der Waals surface area contributed by atoms with Gasteiger partial charge in [-0.05, 0) is 30.2 Å². The number of alkyl halides is 3. The Morgan fingerprint density at radius 3 is 2.54 bits per heavy atom. The van der Waals surface area contributed by atoms with Crippen LogP contribution in [0, 0.1) is 0 Å². The summed E-state index contributed by atoms with van der Waals surface area (Å²) in [6.45, 7) is 1.82. The van der Waals surface area contributed by atoms with E-state index < -0.39 is 11.7 Å². The van der Waals surface area contributed by atoms with Crippen molar-refractivity contribution in [3.8, 4) is 0 Å². The number of halogens is 3. The van der Waals surface area contributed by atoms with Crippen LogP contribution in [-0.2, 0) is 30.4 Å². The minimum absolute atomic E-state index is 0.0491. The Hall–Kier alpha value is -2.48. The van der Waals surface area contributed by atoms with Gasteiger partial charge in [0.2, 0.25) is 0 Å². The van der Waals surface area contributed by atoms with E-state index >= 15 is 0 Å². The molecular formula is C18H15F3N2O2S. The predicted molar refractivity (Wildman–Crippen MR) is 93.4 cm³/mol. The highest BCUT2D eigenvalue weighted by Crippen LogP contribution is 2.29. The van der Waals surface area contributed by atoms with Gasteiger partial charge in [-0.1, -0.05) is 19.1 Å². The predicted octanol–water partition coefficient (Wildman–Crippen LogP) is 3.85. The molecule has 0 aliphatic carbocycles. The summed E-state index contributed by atoms with van der Waals surface area (Å²) in [6.07, 6.45) is -2.32. The van der Waals surface area contributed by atoms with E-state index in [1.807, 2.05) is 6.92 Å². The lowest BCUT2D eigenvalue weighted by atomic mass is 10.1. The van der Waals surface area contributed by atoms with Gasteiger partial charge in [-0.3, -0.25) is 14.2 Å². The van der Waals surface area contributed by atoms with Gasteiger partial charge in [-0.25, -0.2) is 4.98 Å². The van der Waals surface area contributed by atoms with E-state index in [0.29, 0.717) is 15.8 Å². The molecule has 0 saturated carbocycles. The molecule has 0 unspecified atom stereocenters. The number of fused-ring (bicyclic) bond motifs is 1. The molecule has 2 aromatic heterocycles. The molecule has 26 heavy (non-hydrogen) atoms. The van der Waals surface area contributed by atoms with Crippen LogP contribution < -0.4 is 5.56 Å². The fourth-order valence-electron chi connectivity index (χ4n) is 2.58. The highest BCUT2D eigenvalue weighted by molar-refractivity contribution is 7.18. The number of carbonyl (C=O) groups excluding carboxylic acids is 1. The first-order valence-electron chi connectivity index (χ1n) is 7.93. The fourth-order valence-corrected chi connectivity index (χ4v) is 3.51. The molecule has 0 N–H and O–H groups in total. The van der Waals surface area contributed by atoms with Crippen molar-refractivity contribution in [3.05, 3.63) is 63.0 Å². The van der Waals surface area contributed by atoms with Crippen molar-refractivity contribution in [1.82, 2.24) is 9.55 Å². The summed E-state index contributed by atoms with van der Waals surface area (Å²) in [5.41, 5.74) is -0.579. The highest BCUT2D eigenvalue weighted by atomic mass is 32.1. The van der Waals surface area contributed by atoms with Crippen molar-refractivity contribution >= 4 is 27.3 Å². The number of Topliss-reactive ketones (excluding diaryl/α,β-unsaturated/α-hetero) is 1. The highest BCUT2D eigenvalue weighted by Gasteiger charge is 2.29. The van der Waals surface area contributed by atoms with Gasteiger partial charge >= 0.3 is 6.18 Å². The number of thiophene rings is 1. The molecule has 3 rings (SSSR count). The minimum Gasteiger partial charge on any atom is -0.297 e. The number of hydrogen-bond donors (Lipinski definition) is 0. The largest absolute Gasteiger partial charge is 0.416 e. The number of ketones is 1. The normalized spacial score (nSPS) is 11.8. The van der Waals surface area contributed by atoms with Crippen LogP contribution in [0.25, 0.3) is 10.2 Å². The topological polar surface area (TPSA) is 52.0 Å². The number of nitrogens with zero attached hydrogens (tertiary/aromatic N) is 2. The molecule has 0 aliphatic rings. The fraction of sp³-hybridized carbons (Fsp3) is 0.278. The van der Waals surface area contributed by atoms with Gasteiger partial charge in [0, 0.05) is 11.3 Å². The third-order valence-corrected chi connectivity index (χ3v) is 5.13. The van der Waals surface area contributed by atoms with E-state index in [1.165, 1.54) is 34.4 Å². The Morgan fingerprint density at radius 2 is 1.92 bits per heavy atom. The van der Waals surface area contributed by atoms with Crippen LogP contribution in [0.5, 0.6) is 0 Å². The molecule has 8 heteroatoms. The molecule has 4 nitrogen and oxygen atoms in total. The third-order valence-electron chi connectivity index (χ3n) is 3.95. The standard InChI is InChI=1S/C18H15F3N2O2S/c1-2-14-8-15-16(26-14)22-10-23(17(15)25)9-13(24)7-11-3-5-12(6-4-11)18(19,20)21/h3-6,8,10H,2,7,9H2,1H3. The van der Waals surface area contributed by atoms with E-state index in [9.17, 15) is 22.8 Å². The number of aryl methyl sites for hydroxylation is 1. The number of rotatable bonds is 5. The summed E-state index contributed by atoms with van der Waals surface area (Å²) in [7, 11) is 0. The van der Waals surface area contributed by atoms with Crippen molar-refractivity contribution in [2.75, 3.05) is 0 Å². The Labute approximate surface area is 150 Å². The van der Waals surface area contributed by atoms with Gasteiger partial charge in [0.15, 0.2) is 5.78 Å². The first-order valence-corrected chi connectivity index (χ1v) is 8.75. The van der Waals surface area contributed by atoms with E-state index in [0.717, 1.165) is 23.4 Å². The molecule has 0 bridgehead atoms. The zero-order chi connectivity index (χ0) is 18.9. The van der Waals surface area contributed by atoms with E-state index in [2.05, 4.69) is 4.98 Å². The third kappa shape index (κ3) is 3.85. The van der Waals surface area contributed by atoms with Crippen molar-refractivity contribution in [3.63, 3.8) is 0 Å². The van der Waals surface area contributed by atoms with Crippen LogP contribution in [-0.4, -0.2) is 15.3 Å². The second-order valence-electron chi connectivity index (χ2n) is 5.87. The summed E-state index contributed by atoms with van der Waals surface area (Å²) in [5.74, 6) is -0.279. The number of aromatic nitrogens is 2. The van der Waals surface area contributed by atoms with Crippen LogP contribution in [0.15, 0.2) is 41.5 Å². The molecule has 0 fully saturated rings. The Bertz CT molecular complexity index is 1000. The van der Waals surface area contributed by atoms with Gasteiger partial charge in [-0.15, -0.1) is 11.3 Å². The molecule has 0 spiro atoms. The lowest BCUT2D eigenvalue weighted by Gasteiger charge is -2.08. The Morgan fingerprint density at radius 1 is 1.23 bits per heavy atom.